The number of carbonyl (C=O) groups is 1. The Bertz CT molecular complexity index is 457. The van der Waals surface area contributed by atoms with E-state index in [4.69, 9.17) is 0 Å². The number of carboxylic acids is 1. The molecule has 94 valence electrons. The summed E-state index contributed by atoms with van der Waals surface area (Å²) >= 11 is 1.47. The molecule has 0 unspecified atom stereocenters. The van der Waals surface area contributed by atoms with E-state index in [1.54, 1.807) is 6.92 Å². The number of carbonyl (C=O) groups excluding carboxylic acids is 1. The lowest BCUT2D eigenvalue weighted by Crippen LogP contribution is -2.29. The first-order chi connectivity index (χ1) is 8.04. The van der Waals surface area contributed by atoms with Gasteiger partial charge in [-0.25, -0.2) is 4.98 Å². The van der Waals surface area contributed by atoms with Crippen molar-refractivity contribution < 1.29 is 9.90 Å². The molecule has 0 atom stereocenters. The van der Waals surface area contributed by atoms with Gasteiger partial charge < -0.3 is 14.9 Å². The van der Waals surface area contributed by atoms with Crippen molar-refractivity contribution in [2.75, 3.05) is 5.75 Å². The van der Waals surface area contributed by atoms with Crippen LogP contribution >= 0.6 is 11.8 Å². The predicted molar refractivity (Wildman–Crippen MR) is 63.9 cm³/mol. The second-order valence-corrected chi connectivity index (χ2v) is 4.77. The molecule has 0 saturated heterocycles. The smallest absolute Gasteiger partial charge is 0.255 e. The van der Waals surface area contributed by atoms with E-state index in [0.29, 0.717) is 10.9 Å². The van der Waals surface area contributed by atoms with E-state index < -0.39 is 12.4 Å². The van der Waals surface area contributed by atoms with Gasteiger partial charge in [-0.05, 0) is 13.3 Å². The molecule has 0 fully saturated rings. The normalized spacial score (nSPS) is 10.5. The highest BCUT2D eigenvalue weighted by Crippen LogP contribution is 2.14. The third-order valence-electron chi connectivity index (χ3n) is 2.26. The SMILES string of the molecule is CCCCSc1nc(C)c(CC(=O)[O-])c(=O)[nH]1. The first kappa shape index (κ1) is 13.8. The number of hydrogen-bond donors (Lipinski definition) is 1. The molecular weight excluding hydrogens is 240 g/mol. The van der Waals surface area contributed by atoms with Crippen molar-refractivity contribution in [2.45, 2.75) is 38.3 Å². The van der Waals surface area contributed by atoms with Gasteiger partial charge in [0.05, 0.1) is 0 Å². The van der Waals surface area contributed by atoms with E-state index >= 15 is 0 Å². The lowest BCUT2D eigenvalue weighted by Gasteiger charge is -2.07. The third-order valence-corrected chi connectivity index (χ3v) is 3.22. The Morgan fingerprint density at radius 1 is 1.53 bits per heavy atom. The van der Waals surface area contributed by atoms with Crippen molar-refractivity contribution in [3.63, 3.8) is 0 Å². The number of carboxylic acid groups (broad SMARTS) is 1. The van der Waals surface area contributed by atoms with Crippen molar-refractivity contribution in [3.05, 3.63) is 21.6 Å². The van der Waals surface area contributed by atoms with E-state index in [2.05, 4.69) is 16.9 Å². The summed E-state index contributed by atoms with van der Waals surface area (Å²) < 4.78 is 0. The molecule has 1 aromatic heterocycles. The average molecular weight is 255 g/mol. The highest BCUT2D eigenvalue weighted by molar-refractivity contribution is 7.99. The number of aromatic amines is 1. The summed E-state index contributed by atoms with van der Waals surface area (Å²) in [7, 11) is 0. The minimum atomic E-state index is -1.27. The molecule has 0 amide bonds. The topological polar surface area (TPSA) is 85.9 Å². The molecule has 0 spiro atoms. The van der Waals surface area contributed by atoms with Crippen LogP contribution in [0, 0.1) is 6.92 Å². The van der Waals surface area contributed by atoms with E-state index in [1.165, 1.54) is 11.8 Å². The van der Waals surface area contributed by atoms with Crippen LogP contribution in [0.25, 0.3) is 0 Å². The van der Waals surface area contributed by atoms with Crippen LogP contribution in [0.2, 0.25) is 0 Å². The number of thioether (sulfide) groups is 1. The lowest BCUT2D eigenvalue weighted by molar-refractivity contribution is -0.304. The van der Waals surface area contributed by atoms with Crippen molar-refractivity contribution >= 4 is 17.7 Å². The Kier molecular flexibility index (Phi) is 5.21. The number of aromatic nitrogens is 2. The Morgan fingerprint density at radius 2 is 2.24 bits per heavy atom. The van der Waals surface area contributed by atoms with Crippen LogP contribution in [0.15, 0.2) is 9.95 Å². The molecule has 5 nitrogen and oxygen atoms in total. The molecule has 0 aliphatic carbocycles. The summed E-state index contributed by atoms with van der Waals surface area (Å²) in [6.07, 6.45) is 1.74. The number of hydrogen-bond acceptors (Lipinski definition) is 5. The van der Waals surface area contributed by atoms with Crippen molar-refractivity contribution in [2.24, 2.45) is 0 Å². The lowest BCUT2D eigenvalue weighted by atomic mass is 10.2. The van der Waals surface area contributed by atoms with Gasteiger partial charge in [0.1, 0.15) is 0 Å². The Balaban J connectivity index is 2.85. The molecule has 0 saturated carbocycles. The van der Waals surface area contributed by atoms with Crippen LogP contribution < -0.4 is 10.7 Å². The number of nitrogens with zero attached hydrogens (tertiary/aromatic N) is 1. The van der Waals surface area contributed by atoms with Gasteiger partial charge in [0.2, 0.25) is 0 Å². The molecule has 0 radical (unpaired) electrons. The van der Waals surface area contributed by atoms with Gasteiger partial charge in [-0.15, -0.1) is 0 Å². The first-order valence-electron chi connectivity index (χ1n) is 5.47. The molecule has 0 aliphatic heterocycles. The molecular formula is C11H15N2O3S-. The molecule has 1 N–H and O–H groups in total. The molecule has 1 rings (SSSR count). The molecule has 6 heteroatoms. The fourth-order valence-corrected chi connectivity index (χ4v) is 2.31. The summed E-state index contributed by atoms with van der Waals surface area (Å²) in [6, 6.07) is 0. The van der Waals surface area contributed by atoms with E-state index in [-0.39, 0.29) is 11.1 Å². The number of rotatable bonds is 6. The van der Waals surface area contributed by atoms with Crippen LogP contribution in [-0.4, -0.2) is 21.7 Å². The number of nitrogens with one attached hydrogen (secondary N) is 1. The van der Waals surface area contributed by atoms with Gasteiger partial charge in [-0.1, -0.05) is 25.1 Å². The van der Waals surface area contributed by atoms with Gasteiger partial charge in [0.25, 0.3) is 5.56 Å². The van der Waals surface area contributed by atoms with Gasteiger partial charge in [0.15, 0.2) is 5.16 Å². The van der Waals surface area contributed by atoms with E-state index in [1.807, 2.05) is 0 Å². The quantitative estimate of drug-likeness (QED) is 0.448. The monoisotopic (exact) mass is 255 g/mol. The van der Waals surface area contributed by atoms with Crippen LogP contribution in [0.3, 0.4) is 0 Å². The van der Waals surface area contributed by atoms with Crippen LogP contribution in [0.1, 0.15) is 31.0 Å². The fraction of sp³-hybridized carbons (Fsp3) is 0.545. The van der Waals surface area contributed by atoms with Crippen LogP contribution in [0.4, 0.5) is 0 Å². The molecule has 1 heterocycles. The molecule has 17 heavy (non-hydrogen) atoms. The first-order valence-corrected chi connectivity index (χ1v) is 6.45. The van der Waals surface area contributed by atoms with Crippen molar-refractivity contribution in [3.8, 4) is 0 Å². The summed E-state index contributed by atoms with van der Waals surface area (Å²) in [5.74, 6) is -0.384. The highest BCUT2D eigenvalue weighted by Gasteiger charge is 2.08. The van der Waals surface area contributed by atoms with Gasteiger partial charge in [-0.2, -0.15) is 0 Å². The largest absolute Gasteiger partial charge is 0.550 e. The molecule has 1 aromatic rings. The van der Waals surface area contributed by atoms with Crippen LogP contribution in [-0.2, 0) is 11.2 Å². The van der Waals surface area contributed by atoms with Gasteiger partial charge in [-0.3, -0.25) is 4.79 Å². The van der Waals surface area contributed by atoms with Crippen LogP contribution in [0.5, 0.6) is 0 Å². The third kappa shape index (κ3) is 4.22. The number of H-pyrrole nitrogens is 1. The molecule has 0 aliphatic rings. The Hall–Kier alpha value is -1.30. The summed E-state index contributed by atoms with van der Waals surface area (Å²) in [5.41, 5.74) is 0.238. The maximum Gasteiger partial charge on any atom is 0.255 e. The van der Waals surface area contributed by atoms with E-state index in [9.17, 15) is 14.7 Å². The summed E-state index contributed by atoms with van der Waals surface area (Å²) in [6.45, 7) is 3.72. The zero-order chi connectivity index (χ0) is 12.8. The molecule has 0 aromatic carbocycles. The summed E-state index contributed by atoms with van der Waals surface area (Å²) in [5, 5.41) is 11.0. The Labute approximate surface area is 104 Å². The van der Waals surface area contributed by atoms with Crippen molar-refractivity contribution in [1.82, 2.24) is 9.97 Å². The second kappa shape index (κ2) is 6.44. The van der Waals surface area contributed by atoms with E-state index in [0.717, 1.165) is 18.6 Å². The number of unbranched alkanes of at least 4 members (excludes halogenated alkanes) is 1. The zero-order valence-corrected chi connectivity index (χ0v) is 10.7. The van der Waals surface area contributed by atoms with Gasteiger partial charge >= 0.3 is 0 Å². The highest BCUT2D eigenvalue weighted by atomic mass is 32.2. The minimum Gasteiger partial charge on any atom is -0.550 e. The number of aliphatic carboxylic acids is 1. The predicted octanol–water partition coefficient (Wildman–Crippen LogP) is 0.263. The minimum absolute atomic E-state index is 0.171. The molecule has 0 bridgehead atoms. The van der Waals surface area contributed by atoms with Crippen molar-refractivity contribution in [1.29, 1.82) is 0 Å². The van der Waals surface area contributed by atoms with Gasteiger partial charge in [0, 0.05) is 29.4 Å². The standard InChI is InChI=1S/C11H16N2O3S/c1-3-4-5-17-11-12-7(2)8(6-9(14)15)10(16)13-11/h3-6H2,1-2H3,(H,14,15)(H,12,13,16)/p-1. The maximum absolute atomic E-state index is 11.6. The average Bonchev–Trinajstić information content (AvgIpc) is 2.24. The maximum atomic E-state index is 11.6. The number of aryl methyl sites for hydroxylation is 1. The summed E-state index contributed by atoms with van der Waals surface area (Å²) in [4.78, 5) is 28.9. The second-order valence-electron chi connectivity index (χ2n) is 3.69. The fourth-order valence-electron chi connectivity index (χ4n) is 1.32. The Morgan fingerprint density at radius 3 is 2.76 bits per heavy atom. The zero-order valence-electron chi connectivity index (χ0n) is 9.91.